The second kappa shape index (κ2) is 15.6. The maximum atomic E-state index is 12.3. The summed E-state index contributed by atoms with van der Waals surface area (Å²) in [6, 6.07) is 7.73. The molecule has 0 spiro atoms. The van der Waals surface area contributed by atoms with Crippen molar-refractivity contribution in [3.05, 3.63) is 72.0 Å². The minimum atomic E-state index is -0.815. The fourth-order valence-corrected chi connectivity index (χ4v) is 2.86. The number of aromatic hydroxyl groups is 1. The van der Waals surface area contributed by atoms with Crippen LogP contribution >= 0.6 is 0 Å². The number of hydrogen-bond acceptors (Lipinski definition) is 7. The van der Waals surface area contributed by atoms with Crippen LogP contribution in [0.1, 0.15) is 48.2 Å². The molecule has 1 heterocycles. The molecule has 35 heavy (non-hydrogen) atoms. The van der Waals surface area contributed by atoms with E-state index in [2.05, 4.69) is 16.7 Å². The molecular weight excluding hydrogens is 631 g/mol. The topological polar surface area (TPSA) is 143 Å². The van der Waals surface area contributed by atoms with Gasteiger partial charge >= 0.3 is 22.1 Å². The Balaban J connectivity index is 0.00000375. The van der Waals surface area contributed by atoms with Gasteiger partial charge in [0.15, 0.2) is 5.75 Å². The molecule has 0 fully saturated rings. The quantitative estimate of drug-likeness (QED) is 0.0923. The van der Waals surface area contributed by atoms with Crippen LogP contribution in [0.5, 0.6) is 5.75 Å². The van der Waals surface area contributed by atoms with Crippen molar-refractivity contribution in [2.75, 3.05) is 26.0 Å². The van der Waals surface area contributed by atoms with Crippen LogP contribution in [0.25, 0.3) is 5.41 Å². The molecule has 1 aromatic carbocycles. The first-order valence-corrected chi connectivity index (χ1v) is 11.4. The summed E-state index contributed by atoms with van der Waals surface area (Å²) in [5, 5.41) is 27.0. The third-order valence-corrected chi connectivity index (χ3v) is 4.50. The van der Waals surface area contributed by atoms with E-state index >= 15 is 0 Å². The maximum absolute atomic E-state index is 12.3. The number of nitrogens with zero attached hydrogens (tertiary/aromatic N) is 2. The molecule has 1 atom stereocenters. The van der Waals surface area contributed by atoms with Crippen molar-refractivity contribution in [1.82, 2.24) is 10.2 Å². The summed E-state index contributed by atoms with van der Waals surface area (Å²) in [6.45, 7) is 5.47. The fourth-order valence-electron chi connectivity index (χ4n) is 2.86. The number of carbonyl (C=O) groups excluding carboxylic acids is 2. The Morgan fingerprint density at radius 1 is 1.23 bits per heavy atom. The average Bonchev–Trinajstić information content (AvgIpc) is 3.25. The number of nitrogens with one attached hydrogen (secondary N) is 2. The van der Waals surface area contributed by atoms with Crippen molar-refractivity contribution < 1.29 is 45.9 Å². The molecule has 0 unspecified atom stereocenters. The molecule has 2 rings (SSSR count). The van der Waals surface area contributed by atoms with E-state index in [-0.39, 0.29) is 42.8 Å². The Labute approximate surface area is 216 Å². The number of ether oxygens (including phenoxy) is 1. The predicted molar refractivity (Wildman–Crippen MR) is 128 cm³/mol. The van der Waals surface area contributed by atoms with E-state index in [1.54, 1.807) is 33.2 Å². The van der Waals surface area contributed by atoms with Crippen LogP contribution in [-0.2, 0) is 31.6 Å². The number of hydrogen-bond donors (Lipinski definition) is 3. The number of amidine groups is 1. The Morgan fingerprint density at radius 2 is 1.89 bits per heavy atom. The second-order valence-corrected chi connectivity index (χ2v) is 7.15. The van der Waals surface area contributed by atoms with Gasteiger partial charge in [-0.2, -0.15) is 0 Å². The van der Waals surface area contributed by atoms with Gasteiger partial charge < -0.3 is 42.6 Å². The van der Waals surface area contributed by atoms with Gasteiger partial charge in [0.05, 0.1) is 17.9 Å². The van der Waals surface area contributed by atoms with Crippen molar-refractivity contribution in [1.29, 1.82) is 0 Å². The minimum absolute atomic E-state index is 0. The van der Waals surface area contributed by atoms with E-state index in [4.69, 9.17) is 12.7 Å². The normalized spacial score (nSPS) is 11.2. The summed E-state index contributed by atoms with van der Waals surface area (Å²) in [5.41, 5.74) is -0.0184. The average molecular weight is 662 g/mol. The number of phenols is 1. The van der Waals surface area contributed by atoms with E-state index in [1.165, 1.54) is 17.0 Å². The van der Waals surface area contributed by atoms with Crippen LogP contribution in [0.3, 0.4) is 0 Å². The van der Waals surface area contributed by atoms with Crippen LogP contribution < -0.4 is 10.6 Å². The number of rotatable bonds is 9. The van der Waals surface area contributed by atoms with Crippen molar-refractivity contribution in [3.63, 3.8) is 0 Å². The summed E-state index contributed by atoms with van der Waals surface area (Å²) in [7, 11) is 3.12. The Bertz CT molecular complexity index is 1030. The molecule has 11 heteroatoms. The van der Waals surface area contributed by atoms with Gasteiger partial charge in [0.1, 0.15) is 11.5 Å². The first-order chi connectivity index (χ1) is 16.2. The molecule has 0 aliphatic rings. The van der Waals surface area contributed by atoms with Crippen LogP contribution in [0.4, 0.5) is 5.69 Å². The molecule has 0 aliphatic heterocycles. The van der Waals surface area contributed by atoms with E-state index in [0.29, 0.717) is 30.7 Å². The van der Waals surface area contributed by atoms with Gasteiger partial charge in [-0.05, 0) is 44.5 Å². The van der Waals surface area contributed by atoms with Crippen LogP contribution in [0.15, 0.2) is 40.4 Å². The van der Waals surface area contributed by atoms with E-state index in [1.807, 2.05) is 19.9 Å². The molecule has 0 saturated carbocycles. The number of anilines is 1. The predicted octanol–water partition coefficient (Wildman–Crippen LogP) is 3.70. The molecule has 1 amide bonds. The van der Waals surface area contributed by atoms with Gasteiger partial charge in [0.25, 0.3) is 5.91 Å². The molecule has 194 valence electrons. The number of esters is 1. The molecule has 0 aliphatic carbocycles. The first kappa shape index (κ1) is 31.7. The van der Waals surface area contributed by atoms with Crippen molar-refractivity contribution in [3.8, 4) is 5.75 Å². The van der Waals surface area contributed by atoms with E-state index in [0.717, 1.165) is 5.76 Å². The number of amides is 1. The molecule has 0 bridgehead atoms. The van der Waals surface area contributed by atoms with Crippen LogP contribution in [0.2, 0.25) is 0 Å². The molecule has 1 aromatic heterocycles. The van der Waals surface area contributed by atoms with Crippen molar-refractivity contribution >= 4 is 23.4 Å². The molecular formula is C24H31N4O6Os-3. The summed E-state index contributed by atoms with van der Waals surface area (Å²) < 4.78 is 18.8. The zero-order valence-electron chi connectivity index (χ0n) is 20.6. The van der Waals surface area contributed by atoms with E-state index in [9.17, 15) is 20.1 Å². The molecule has 3 N–H and O–H groups in total. The molecule has 10 nitrogen and oxygen atoms in total. The van der Waals surface area contributed by atoms with Gasteiger partial charge in [0, 0.05) is 20.1 Å². The number of phenolic OH excluding ortho intramolecular Hbond substituents is 1. The third kappa shape index (κ3) is 9.10. The SMILES string of the molecule is CCOC(=O)[C-]=C(Nc1cccc(C(=O)N(C)C)c1O)C(=[N-])N[C@H](CC)c1ccc(C)o1.[CH3-].[O]=[Os]. The monoisotopic (exact) mass is 663 g/mol. The van der Waals surface area contributed by atoms with Crippen molar-refractivity contribution in [2.24, 2.45) is 0 Å². The third-order valence-electron chi connectivity index (χ3n) is 4.50. The summed E-state index contributed by atoms with van der Waals surface area (Å²) in [4.78, 5) is 25.7. The van der Waals surface area contributed by atoms with Gasteiger partial charge in [-0.1, -0.05) is 13.0 Å². The standard InChI is InChI=1S/C23H28N4O5.CH3.O.Os/c1-6-16(19-12-11-14(3)32-19)26-22(24)18(13-20(28)31-7-2)25-17-10-8-9-15(21(17)29)23(30)27(4)5;;;/h8-12,16H,6-7H2,1-5H3,(H3-,24,25,26,28,29,30);1H3;;/q-2;-1;;/t16-;;;/m1.../s1. The fraction of sp³-hybridized carbons (Fsp3) is 0.333. The van der Waals surface area contributed by atoms with Gasteiger partial charge in [-0.25, -0.2) is 5.84 Å². The van der Waals surface area contributed by atoms with E-state index < -0.39 is 17.7 Å². The summed E-state index contributed by atoms with van der Waals surface area (Å²) in [6.07, 6.45) is 2.98. The van der Waals surface area contributed by atoms with Crippen LogP contribution in [0, 0.1) is 20.4 Å². The van der Waals surface area contributed by atoms with Gasteiger partial charge in [0.2, 0.25) is 5.97 Å². The molecule has 2 aromatic rings. The van der Waals surface area contributed by atoms with Crippen LogP contribution in [-0.4, -0.2) is 48.4 Å². The number of benzene rings is 1. The van der Waals surface area contributed by atoms with Gasteiger partial charge in [-0.3, -0.25) is 9.59 Å². The second-order valence-electron chi connectivity index (χ2n) is 7.15. The van der Waals surface area contributed by atoms with Gasteiger partial charge in [-0.15, -0.1) is 11.8 Å². The zero-order chi connectivity index (χ0) is 25.8. The number of furan rings is 1. The Morgan fingerprint density at radius 3 is 2.40 bits per heavy atom. The Kier molecular flexibility index (Phi) is 14.1. The summed E-state index contributed by atoms with van der Waals surface area (Å²) in [5.74, 6) is -0.645. The number of carbonyl (C=O) groups is 2. The molecule has 0 saturated heterocycles. The summed E-state index contributed by atoms with van der Waals surface area (Å²) >= 11 is 0.611. The molecule has 0 radical (unpaired) electrons. The number of aryl methyl sites for hydroxylation is 1. The first-order valence-electron chi connectivity index (χ1n) is 10.3. The number of para-hydroxylation sites is 1. The Hall–Kier alpha value is -3.31. The van der Waals surface area contributed by atoms with Crippen molar-refractivity contribution in [2.45, 2.75) is 33.2 Å². The zero-order valence-corrected chi connectivity index (χ0v) is 23.2.